The third-order valence-electron chi connectivity index (χ3n) is 2.39. The molecule has 0 spiro atoms. The first-order valence-corrected chi connectivity index (χ1v) is 6.98. The van der Waals surface area contributed by atoms with Crippen molar-refractivity contribution in [2.45, 2.75) is 0 Å². The van der Waals surface area contributed by atoms with E-state index in [2.05, 4.69) is 4.98 Å². The quantitative estimate of drug-likeness (QED) is 0.518. The smallest absolute Gasteiger partial charge is 0.426 e. The Balaban J connectivity index is 0.000000383. The molecule has 0 aliphatic heterocycles. The van der Waals surface area contributed by atoms with Crippen LogP contribution in [-0.4, -0.2) is 24.6 Å². The maximum absolute atomic E-state index is 8.76. The molecule has 2 rings (SSSR count). The third-order valence-corrected chi connectivity index (χ3v) is 2.39. The fraction of sp³-hybridized carbons (Fsp3) is 0.0769. The third kappa shape index (κ3) is 6.01. The van der Waals surface area contributed by atoms with E-state index in [1.54, 1.807) is 13.2 Å². The first-order valence-electron chi connectivity index (χ1n) is 5.62. The summed E-state index contributed by atoms with van der Waals surface area (Å²) in [5.74, 6) is 0.559. The Kier molecular flexibility index (Phi) is 5.80. The minimum absolute atomic E-state index is 0.433. The minimum Gasteiger partial charge on any atom is -0.726 e. The molecule has 110 valence electrons. The Bertz CT molecular complexity index is 731. The largest absolute Gasteiger partial charge is 0.726 e. The number of hydrogen-bond donors (Lipinski definition) is 1. The number of ether oxygens (including phenoxy) is 1. The van der Waals surface area contributed by atoms with E-state index in [-0.39, 0.29) is 0 Å². The van der Waals surface area contributed by atoms with Gasteiger partial charge in [0, 0.05) is 6.07 Å². The predicted octanol–water partition coefficient (Wildman–Crippen LogP) is 2.85. The molecule has 21 heavy (non-hydrogen) atoms. The fourth-order valence-electron chi connectivity index (χ4n) is 1.57. The van der Waals surface area contributed by atoms with E-state index >= 15 is 0 Å². The molecule has 8 heteroatoms. The Labute approximate surface area is 122 Å². The van der Waals surface area contributed by atoms with Gasteiger partial charge in [0.05, 0.1) is 7.11 Å². The van der Waals surface area contributed by atoms with Crippen molar-refractivity contribution in [2.24, 2.45) is 0 Å². The molecule has 0 radical (unpaired) electrons. The molecule has 0 atom stereocenters. The van der Waals surface area contributed by atoms with Crippen molar-refractivity contribution in [2.75, 3.05) is 7.11 Å². The lowest BCUT2D eigenvalue weighted by atomic mass is 10.1. The summed E-state index contributed by atoms with van der Waals surface area (Å²) >= 11 is 0. The molecule has 2 aromatic carbocycles. The monoisotopic (exact) mass is 308 g/mol. The minimum atomic E-state index is -4.92. The molecule has 0 aliphatic rings. The predicted molar refractivity (Wildman–Crippen MR) is 75.5 cm³/mol. The highest BCUT2D eigenvalue weighted by molar-refractivity contribution is 7.79. The van der Waals surface area contributed by atoms with Gasteiger partial charge < -0.3 is 9.29 Å². The van der Waals surface area contributed by atoms with Crippen molar-refractivity contribution in [3.05, 3.63) is 53.5 Å². The summed E-state index contributed by atoms with van der Waals surface area (Å²) < 4.78 is 38.0. The van der Waals surface area contributed by atoms with Gasteiger partial charge in [-0.25, -0.2) is 8.42 Å². The van der Waals surface area contributed by atoms with Crippen LogP contribution in [0.1, 0.15) is 0 Å². The summed E-state index contributed by atoms with van der Waals surface area (Å²) in [6.07, 6.45) is 0. The molecule has 0 heterocycles. The molecule has 0 aromatic heterocycles. The van der Waals surface area contributed by atoms with Crippen LogP contribution in [0.15, 0.2) is 48.5 Å². The number of diazo groups is 1. The van der Waals surface area contributed by atoms with Gasteiger partial charge in [0.15, 0.2) is 4.98 Å². The maximum Gasteiger partial charge on any atom is 0.426 e. The van der Waals surface area contributed by atoms with Crippen molar-refractivity contribution in [3.8, 4) is 16.9 Å². The second-order valence-electron chi connectivity index (χ2n) is 3.78. The highest BCUT2D eigenvalue weighted by atomic mass is 32.3. The van der Waals surface area contributed by atoms with Gasteiger partial charge in [-0.15, -0.1) is 0 Å². The van der Waals surface area contributed by atoms with E-state index in [0.29, 0.717) is 11.4 Å². The Hall–Kier alpha value is -2.47. The molecule has 0 aliphatic carbocycles. The summed E-state index contributed by atoms with van der Waals surface area (Å²) in [6, 6.07) is 15.4. The van der Waals surface area contributed by atoms with Crippen LogP contribution in [0.25, 0.3) is 16.1 Å². The Morgan fingerprint density at radius 1 is 1.14 bits per heavy atom. The molecular formula is C13H12N2O5S. The zero-order chi connectivity index (χ0) is 15.9. The van der Waals surface area contributed by atoms with E-state index in [4.69, 9.17) is 27.7 Å². The van der Waals surface area contributed by atoms with Crippen molar-refractivity contribution < 1.29 is 22.3 Å². The number of methoxy groups -OCH3 is 1. The van der Waals surface area contributed by atoms with Crippen LogP contribution in [-0.2, 0) is 10.4 Å². The van der Waals surface area contributed by atoms with Crippen LogP contribution in [0, 0.1) is 5.39 Å². The van der Waals surface area contributed by atoms with Crippen molar-refractivity contribution in [1.82, 2.24) is 0 Å². The SMILES string of the molecule is COc1cc(-c2ccccc2)ccc1[N+]#N.O=S(=O)([O-])O. The summed E-state index contributed by atoms with van der Waals surface area (Å²) in [6.45, 7) is 0. The van der Waals surface area contributed by atoms with Gasteiger partial charge in [-0.3, -0.25) is 4.55 Å². The van der Waals surface area contributed by atoms with E-state index in [1.807, 2.05) is 42.5 Å². The van der Waals surface area contributed by atoms with Crippen molar-refractivity contribution in [3.63, 3.8) is 0 Å². The van der Waals surface area contributed by atoms with E-state index in [1.165, 1.54) is 0 Å². The molecular weight excluding hydrogens is 296 g/mol. The molecule has 2 aromatic rings. The van der Waals surface area contributed by atoms with Gasteiger partial charge in [-0.05, 0) is 23.3 Å². The normalized spacial score (nSPS) is 10.0. The molecule has 0 unspecified atom stereocenters. The van der Waals surface area contributed by atoms with Gasteiger partial charge >= 0.3 is 5.69 Å². The van der Waals surface area contributed by atoms with Crippen LogP contribution in [0.2, 0.25) is 0 Å². The summed E-state index contributed by atoms with van der Waals surface area (Å²) in [5.41, 5.74) is 2.57. The maximum atomic E-state index is 8.76. The Morgan fingerprint density at radius 3 is 2.19 bits per heavy atom. The second-order valence-corrected chi connectivity index (χ2v) is 4.64. The standard InChI is InChI=1S/C13H11N2O.H2O4S/c1-16-13-9-11(7-8-12(13)15-14)10-5-3-2-4-6-10;1-5(2,3)4/h2-9H,1H3;(H2,1,2,3,4)/q+1;/p-1. The summed E-state index contributed by atoms with van der Waals surface area (Å²) in [4.78, 5) is 3.15. The van der Waals surface area contributed by atoms with Gasteiger partial charge in [0.2, 0.25) is 21.5 Å². The zero-order valence-electron chi connectivity index (χ0n) is 11.0. The fourth-order valence-corrected chi connectivity index (χ4v) is 1.57. The van der Waals surface area contributed by atoms with Crippen molar-refractivity contribution in [1.29, 1.82) is 5.39 Å². The number of benzene rings is 2. The number of hydrogen-bond acceptors (Lipinski definition) is 5. The first kappa shape index (κ1) is 16.6. The van der Waals surface area contributed by atoms with Gasteiger partial charge in [0.25, 0.3) is 0 Å². The van der Waals surface area contributed by atoms with Gasteiger partial charge in [0.1, 0.15) is 0 Å². The lowest BCUT2D eigenvalue weighted by molar-refractivity contribution is 0.366. The Morgan fingerprint density at radius 2 is 1.71 bits per heavy atom. The molecule has 0 saturated heterocycles. The van der Waals surface area contributed by atoms with Crippen LogP contribution in [0.5, 0.6) is 5.75 Å². The summed E-state index contributed by atoms with van der Waals surface area (Å²) in [7, 11) is -3.36. The topological polar surface area (TPSA) is 115 Å². The lowest BCUT2D eigenvalue weighted by Crippen LogP contribution is -1.90. The molecule has 0 saturated carbocycles. The summed E-state index contributed by atoms with van der Waals surface area (Å²) in [5, 5.41) is 8.76. The lowest BCUT2D eigenvalue weighted by Gasteiger charge is -2.02. The highest BCUT2D eigenvalue weighted by Crippen LogP contribution is 2.32. The highest BCUT2D eigenvalue weighted by Gasteiger charge is 2.14. The second kappa shape index (κ2) is 7.35. The van der Waals surface area contributed by atoms with Gasteiger partial charge in [-0.1, -0.05) is 30.3 Å². The van der Waals surface area contributed by atoms with E-state index in [9.17, 15) is 0 Å². The molecule has 1 N–H and O–H groups in total. The van der Waals surface area contributed by atoms with Crippen molar-refractivity contribution >= 4 is 16.1 Å². The number of nitrogens with zero attached hydrogens (tertiary/aromatic N) is 2. The molecule has 0 bridgehead atoms. The molecule has 0 amide bonds. The average molecular weight is 308 g/mol. The van der Waals surface area contributed by atoms with E-state index < -0.39 is 10.4 Å². The first-order chi connectivity index (χ1) is 9.85. The van der Waals surface area contributed by atoms with Crippen LogP contribution < -0.4 is 4.74 Å². The van der Waals surface area contributed by atoms with Crippen LogP contribution in [0.3, 0.4) is 0 Å². The average Bonchev–Trinajstić information content (AvgIpc) is 2.45. The van der Waals surface area contributed by atoms with Gasteiger partial charge in [-0.2, -0.15) is 0 Å². The van der Waals surface area contributed by atoms with Crippen LogP contribution in [0.4, 0.5) is 5.69 Å². The zero-order valence-corrected chi connectivity index (χ0v) is 11.8. The van der Waals surface area contributed by atoms with E-state index in [0.717, 1.165) is 11.1 Å². The molecule has 7 nitrogen and oxygen atoms in total. The molecule has 0 fully saturated rings. The number of rotatable bonds is 2. The van der Waals surface area contributed by atoms with Crippen LogP contribution >= 0.6 is 0 Å².